The van der Waals surface area contributed by atoms with E-state index < -0.39 is 42.1 Å². The quantitative estimate of drug-likeness (QED) is 0.233. The van der Waals surface area contributed by atoms with Crippen LogP contribution in [0.2, 0.25) is 0 Å². The van der Waals surface area contributed by atoms with Crippen molar-refractivity contribution in [2.24, 2.45) is 56.7 Å². The average Bonchev–Trinajstić information content (AvgIpc) is 2.94. The molecule has 0 spiro atoms. The molecule has 4 saturated carbocycles. The Hall–Kier alpha value is -0.990. The Balaban J connectivity index is 1.30. The molecular formula is C36H58O7. The van der Waals surface area contributed by atoms with Gasteiger partial charge in [0.15, 0.2) is 6.29 Å². The molecule has 7 nitrogen and oxygen atoms in total. The number of hydrogen-bond donors (Lipinski definition) is 4. The lowest BCUT2D eigenvalue weighted by Crippen LogP contribution is -2.66. The highest BCUT2D eigenvalue weighted by Gasteiger charge is 2.69. The van der Waals surface area contributed by atoms with Crippen molar-refractivity contribution in [1.82, 2.24) is 0 Å². The van der Waals surface area contributed by atoms with Gasteiger partial charge in [-0.2, -0.15) is 0 Å². The SMILES string of the molecule is C[C@@H]1CC[C@]2(C(=O)O)CC[C@]3(C)C(=CC[C@@H]4[C@@]5(C)CC[C@H](O[C@@H]6O[C@@H](C)[C@H](O)[C@@H](O)[C@H]6O)C(C)(C)[C@@H]5CC[C@]43C)C2[C@H]1C. The molecule has 5 aliphatic carbocycles. The number of carbonyl (C=O) groups is 1. The molecule has 0 aromatic heterocycles. The van der Waals surface area contributed by atoms with Gasteiger partial charge in [0.1, 0.15) is 18.3 Å². The second-order valence-electron chi connectivity index (χ2n) is 17.3. The van der Waals surface area contributed by atoms with Gasteiger partial charge in [0.25, 0.3) is 0 Å². The molecule has 1 saturated heterocycles. The fraction of sp³-hybridized carbons (Fsp3) is 0.917. The van der Waals surface area contributed by atoms with Gasteiger partial charge in [-0.25, -0.2) is 0 Å². The fourth-order valence-corrected chi connectivity index (χ4v) is 12.4. The minimum absolute atomic E-state index is 0.0104. The van der Waals surface area contributed by atoms with E-state index in [1.807, 2.05) is 0 Å². The summed E-state index contributed by atoms with van der Waals surface area (Å²) >= 11 is 0. The van der Waals surface area contributed by atoms with Gasteiger partial charge in [-0.05, 0) is 116 Å². The predicted octanol–water partition coefficient (Wildman–Crippen LogP) is 5.94. The van der Waals surface area contributed by atoms with Crippen LogP contribution in [-0.4, -0.2) is 63.2 Å². The van der Waals surface area contributed by atoms with Crippen molar-refractivity contribution in [3.05, 3.63) is 11.6 Å². The number of rotatable bonds is 3. The first-order valence-corrected chi connectivity index (χ1v) is 17.2. The molecule has 4 N–H and O–H groups in total. The van der Waals surface area contributed by atoms with Crippen LogP contribution in [0.1, 0.15) is 113 Å². The van der Waals surface area contributed by atoms with Gasteiger partial charge >= 0.3 is 5.97 Å². The number of carboxylic acid groups (broad SMARTS) is 1. The largest absolute Gasteiger partial charge is 0.481 e. The van der Waals surface area contributed by atoms with Crippen LogP contribution in [0.3, 0.4) is 0 Å². The van der Waals surface area contributed by atoms with Crippen molar-refractivity contribution in [2.45, 2.75) is 150 Å². The molecule has 0 radical (unpaired) electrons. The summed E-state index contributed by atoms with van der Waals surface area (Å²) in [5.41, 5.74) is 0.856. The normalized spacial score (nSPS) is 56.1. The number of ether oxygens (including phenoxy) is 2. The maximum atomic E-state index is 13.0. The van der Waals surface area contributed by atoms with Gasteiger partial charge in [0, 0.05) is 0 Å². The van der Waals surface area contributed by atoms with E-state index in [-0.39, 0.29) is 33.7 Å². The second kappa shape index (κ2) is 10.3. The first kappa shape index (κ1) is 32.0. The zero-order chi connectivity index (χ0) is 31.5. The van der Waals surface area contributed by atoms with Gasteiger partial charge in [-0.3, -0.25) is 4.79 Å². The summed E-state index contributed by atoms with van der Waals surface area (Å²) in [4.78, 5) is 13.0. The minimum Gasteiger partial charge on any atom is -0.481 e. The molecule has 15 atom stereocenters. The summed E-state index contributed by atoms with van der Waals surface area (Å²) in [6.45, 7) is 18.5. The molecule has 43 heavy (non-hydrogen) atoms. The highest BCUT2D eigenvalue weighted by molar-refractivity contribution is 5.76. The van der Waals surface area contributed by atoms with Crippen LogP contribution in [0, 0.1) is 56.7 Å². The molecule has 1 unspecified atom stereocenters. The van der Waals surface area contributed by atoms with Crippen LogP contribution in [0.25, 0.3) is 0 Å². The van der Waals surface area contributed by atoms with Crippen molar-refractivity contribution in [3.63, 3.8) is 0 Å². The molecule has 6 rings (SSSR count). The second-order valence-corrected chi connectivity index (χ2v) is 17.3. The van der Waals surface area contributed by atoms with Crippen LogP contribution >= 0.6 is 0 Å². The molecular weight excluding hydrogens is 544 g/mol. The molecule has 0 aromatic rings. The van der Waals surface area contributed by atoms with Crippen molar-refractivity contribution >= 4 is 5.97 Å². The minimum atomic E-state index is -1.30. The Kier molecular flexibility index (Phi) is 7.62. The third-order valence-electron chi connectivity index (χ3n) is 15.5. The zero-order valence-electron chi connectivity index (χ0n) is 27.8. The number of hydrogen-bond acceptors (Lipinski definition) is 6. The smallest absolute Gasteiger partial charge is 0.310 e. The standard InChI is InChI=1S/C36H58O7/c1-19-11-16-36(31(40)41)18-17-34(7)22(26(36)20(19)2)9-10-24-33(6)14-13-25(32(4,5)23(33)12-15-35(24,34)8)43-30-29(39)28(38)27(37)21(3)42-30/h9,19-21,23-30,37-39H,10-18H2,1-8H3,(H,40,41)/t19-,20+,21+,23+,24-,25+,26?,27+,28-,29-,30+,33+,34-,35-,36+/m1/s1. The number of aliphatic hydroxyl groups excluding tert-OH is 3. The highest BCUT2D eigenvalue weighted by Crippen LogP contribution is 2.76. The predicted molar refractivity (Wildman–Crippen MR) is 164 cm³/mol. The fourth-order valence-electron chi connectivity index (χ4n) is 12.4. The van der Waals surface area contributed by atoms with E-state index in [1.54, 1.807) is 6.92 Å². The monoisotopic (exact) mass is 602 g/mol. The van der Waals surface area contributed by atoms with Gasteiger partial charge < -0.3 is 29.9 Å². The summed E-state index contributed by atoms with van der Waals surface area (Å²) in [7, 11) is 0. The molecule has 6 aliphatic rings. The Morgan fingerprint density at radius 2 is 1.56 bits per heavy atom. The first-order chi connectivity index (χ1) is 20.0. The molecule has 0 aromatic carbocycles. The van der Waals surface area contributed by atoms with Crippen LogP contribution in [0.5, 0.6) is 0 Å². The summed E-state index contributed by atoms with van der Waals surface area (Å²) in [6, 6.07) is 0. The van der Waals surface area contributed by atoms with E-state index in [9.17, 15) is 25.2 Å². The third kappa shape index (κ3) is 4.19. The number of carboxylic acids is 1. The maximum Gasteiger partial charge on any atom is 0.310 e. The van der Waals surface area contributed by atoms with Gasteiger partial charge in [-0.1, -0.05) is 60.1 Å². The maximum absolute atomic E-state index is 13.0. The van der Waals surface area contributed by atoms with Gasteiger partial charge in [0.2, 0.25) is 0 Å². The average molecular weight is 603 g/mol. The van der Waals surface area contributed by atoms with Crippen LogP contribution in [0.15, 0.2) is 11.6 Å². The van der Waals surface area contributed by atoms with E-state index >= 15 is 0 Å². The zero-order valence-corrected chi connectivity index (χ0v) is 27.8. The molecule has 1 aliphatic heterocycles. The van der Waals surface area contributed by atoms with Crippen molar-refractivity contribution < 1.29 is 34.7 Å². The Labute approximate surface area is 258 Å². The first-order valence-electron chi connectivity index (χ1n) is 17.2. The number of aliphatic hydroxyl groups is 3. The van der Waals surface area contributed by atoms with Crippen molar-refractivity contribution in [3.8, 4) is 0 Å². The Bertz CT molecular complexity index is 1150. The number of allylic oxidation sites excluding steroid dienone is 2. The van der Waals surface area contributed by atoms with Crippen LogP contribution < -0.4 is 0 Å². The van der Waals surface area contributed by atoms with E-state index in [2.05, 4.69) is 54.5 Å². The van der Waals surface area contributed by atoms with Crippen LogP contribution in [-0.2, 0) is 14.3 Å². The Morgan fingerprint density at radius 1 is 0.860 bits per heavy atom. The molecule has 1 heterocycles. The van der Waals surface area contributed by atoms with Gasteiger partial charge in [0.05, 0.1) is 17.6 Å². The summed E-state index contributed by atoms with van der Waals surface area (Å²) in [5.74, 6) is 1.36. The molecule has 244 valence electrons. The van der Waals surface area contributed by atoms with E-state index in [4.69, 9.17) is 9.47 Å². The highest BCUT2D eigenvalue weighted by atomic mass is 16.7. The molecule has 7 heteroatoms. The van der Waals surface area contributed by atoms with Crippen molar-refractivity contribution in [2.75, 3.05) is 0 Å². The van der Waals surface area contributed by atoms with E-state index in [0.29, 0.717) is 23.7 Å². The topological polar surface area (TPSA) is 116 Å². The van der Waals surface area contributed by atoms with Crippen LogP contribution in [0.4, 0.5) is 0 Å². The molecule has 5 fully saturated rings. The van der Waals surface area contributed by atoms with E-state index in [1.165, 1.54) is 5.57 Å². The molecule has 0 amide bonds. The lowest BCUT2D eigenvalue weighted by molar-refractivity contribution is -0.324. The summed E-state index contributed by atoms with van der Waals surface area (Å²) < 4.78 is 12.4. The number of fused-ring (bicyclic) bond motifs is 7. The summed E-state index contributed by atoms with van der Waals surface area (Å²) in [6.07, 6.45) is 5.71. The summed E-state index contributed by atoms with van der Waals surface area (Å²) in [5, 5.41) is 41.9. The van der Waals surface area contributed by atoms with Crippen molar-refractivity contribution in [1.29, 1.82) is 0 Å². The molecule has 0 bridgehead atoms. The number of aliphatic carboxylic acids is 1. The lowest BCUT2D eigenvalue weighted by Gasteiger charge is -2.71. The third-order valence-corrected chi connectivity index (χ3v) is 15.5. The van der Waals surface area contributed by atoms with Gasteiger partial charge in [-0.15, -0.1) is 0 Å². The lowest BCUT2D eigenvalue weighted by atomic mass is 9.33. The Morgan fingerprint density at radius 3 is 2.23 bits per heavy atom. The van der Waals surface area contributed by atoms with E-state index in [0.717, 1.165) is 57.8 Å².